The summed E-state index contributed by atoms with van der Waals surface area (Å²) in [4.78, 5) is 27.5. The second-order valence-electron chi connectivity index (χ2n) is 6.07. The Morgan fingerprint density at radius 1 is 1.43 bits per heavy atom. The van der Waals surface area contributed by atoms with E-state index >= 15 is 0 Å². The molecule has 0 aromatic heterocycles. The third-order valence-corrected chi connectivity index (χ3v) is 4.86. The van der Waals surface area contributed by atoms with E-state index in [1.807, 2.05) is 13.8 Å². The molecule has 2 heterocycles. The Kier molecular flexibility index (Phi) is 5.08. The summed E-state index contributed by atoms with van der Waals surface area (Å²) in [5.41, 5.74) is -0.765. The number of carbonyl (C=O) groups is 2. The third kappa shape index (κ3) is 3.31. The van der Waals surface area contributed by atoms with E-state index in [4.69, 9.17) is 4.74 Å². The van der Waals surface area contributed by atoms with Gasteiger partial charge in [-0.1, -0.05) is 6.92 Å². The topological polar surface area (TPSA) is 70.1 Å². The van der Waals surface area contributed by atoms with E-state index in [0.29, 0.717) is 39.0 Å². The normalized spacial score (nSPS) is 28.9. The molecule has 2 unspecified atom stereocenters. The molecule has 0 spiro atoms. The summed E-state index contributed by atoms with van der Waals surface area (Å²) in [6.45, 7) is 6.69. The molecule has 2 aliphatic heterocycles. The molecule has 2 fully saturated rings. The number of nitrogens with zero attached hydrogens (tertiary/aromatic N) is 2. The molecule has 0 saturated carbocycles. The molecule has 2 amide bonds. The lowest BCUT2D eigenvalue weighted by atomic mass is 9.84. The molecule has 0 aromatic rings. The quantitative estimate of drug-likeness (QED) is 0.840. The van der Waals surface area contributed by atoms with E-state index in [-0.39, 0.29) is 12.1 Å². The number of carboxylic acid groups (broad SMARTS) is 1. The predicted molar refractivity (Wildman–Crippen MR) is 78.2 cm³/mol. The number of ether oxygens (including phenoxy) is 1. The number of rotatable bonds is 5. The summed E-state index contributed by atoms with van der Waals surface area (Å²) in [7, 11) is 0. The van der Waals surface area contributed by atoms with Crippen LogP contribution < -0.4 is 0 Å². The Labute approximate surface area is 126 Å². The van der Waals surface area contributed by atoms with Gasteiger partial charge >= 0.3 is 12.0 Å². The van der Waals surface area contributed by atoms with Gasteiger partial charge in [-0.25, -0.2) is 4.79 Å². The number of likely N-dealkylation sites (N-methyl/N-ethyl adjacent to an activating group) is 1. The standard InChI is InChI=1S/C15H26N2O4/c1-3-15(13(18)19)7-8-17(11-15)14(20)16(4-2)10-12-6-5-9-21-12/h12H,3-11H2,1-2H3,(H,18,19). The summed E-state index contributed by atoms with van der Waals surface area (Å²) in [5, 5.41) is 9.42. The molecule has 21 heavy (non-hydrogen) atoms. The van der Waals surface area contributed by atoms with Crippen molar-refractivity contribution in [2.75, 3.05) is 32.8 Å². The summed E-state index contributed by atoms with van der Waals surface area (Å²) < 4.78 is 5.59. The van der Waals surface area contributed by atoms with Crippen LogP contribution in [0.1, 0.15) is 39.5 Å². The molecule has 2 atom stereocenters. The first-order valence-corrected chi connectivity index (χ1v) is 7.91. The van der Waals surface area contributed by atoms with E-state index in [2.05, 4.69) is 0 Å². The molecule has 2 saturated heterocycles. The molecule has 2 rings (SSSR count). The second-order valence-corrected chi connectivity index (χ2v) is 6.07. The van der Waals surface area contributed by atoms with Crippen molar-refractivity contribution in [2.24, 2.45) is 5.41 Å². The molecule has 120 valence electrons. The van der Waals surface area contributed by atoms with Crippen molar-refractivity contribution in [3.63, 3.8) is 0 Å². The molecular formula is C15H26N2O4. The minimum absolute atomic E-state index is 0.0513. The zero-order valence-corrected chi connectivity index (χ0v) is 13.0. The maximum atomic E-state index is 12.6. The molecule has 0 aromatic carbocycles. The Hall–Kier alpha value is -1.30. The van der Waals surface area contributed by atoms with E-state index < -0.39 is 11.4 Å². The number of aliphatic carboxylic acids is 1. The SMILES string of the molecule is CCN(CC1CCCO1)C(=O)N1CCC(CC)(C(=O)O)C1. The van der Waals surface area contributed by atoms with Gasteiger partial charge < -0.3 is 19.6 Å². The third-order valence-electron chi connectivity index (χ3n) is 4.86. The number of amides is 2. The summed E-state index contributed by atoms with van der Waals surface area (Å²) in [5.74, 6) is -0.789. The number of hydrogen-bond acceptors (Lipinski definition) is 3. The number of carboxylic acids is 1. The average molecular weight is 298 g/mol. The smallest absolute Gasteiger partial charge is 0.320 e. The van der Waals surface area contributed by atoms with Crippen molar-refractivity contribution in [2.45, 2.75) is 45.6 Å². The van der Waals surface area contributed by atoms with Crippen molar-refractivity contribution in [1.82, 2.24) is 9.80 Å². The van der Waals surface area contributed by atoms with Gasteiger partial charge in [0.25, 0.3) is 0 Å². The summed E-state index contributed by atoms with van der Waals surface area (Å²) in [6, 6.07) is -0.0513. The van der Waals surface area contributed by atoms with Crippen molar-refractivity contribution >= 4 is 12.0 Å². The van der Waals surface area contributed by atoms with Gasteiger partial charge in [0.1, 0.15) is 0 Å². The van der Waals surface area contributed by atoms with Gasteiger partial charge in [0, 0.05) is 32.8 Å². The van der Waals surface area contributed by atoms with E-state index in [9.17, 15) is 14.7 Å². The van der Waals surface area contributed by atoms with Crippen LogP contribution in [0.3, 0.4) is 0 Å². The van der Waals surface area contributed by atoms with Crippen LogP contribution in [-0.4, -0.2) is 65.8 Å². The Bertz CT molecular complexity index is 395. The Balaban J connectivity index is 1.97. The lowest BCUT2D eigenvalue weighted by molar-refractivity contribution is -0.148. The maximum absolute atomic E-state index is 12.6. The number of likely N-dealkylation sites (tertiary alicyclic amines) is 1. The minimum atomic E-state index is -0.789. The molecular weight excluding hydrogens is 272 g/mol. The molecule has 0 bridgehead atoms. The van der Waals surface area contributed by atoms with Gasteiger partial charge in [0.05, 0.1) is 11.5 Å². The van der Waals surface area contributed by atoms with Gasteiger partial charge in [-0.3, -0.25) is 4.79 Å². The Morgan fingerprint density at radius 2 is 2.19 bits per heavy atom. The molecule has 0 aliphatic carbocycles. The van der Waals surface area contributed by atoms with E-state index in [0.717, 1.165) is 19.4 Å². The van der Waals surface area contributed by atoms with Crippen molar-refractivity contribution in [3.05, 3.63) is 0 Å². The minimum Gasteiger partial charge on any atom is -0.481 e. The van der Waals surface area contributed by atoms with Crippen molar-refractivity contribution in [1.29, 1.82) is 0 Å². The first kappa shape index (κ1) is 16.1. The molecule has 1 N–H and O–H groups in total. The first-order valence-electron chi connectivity index (χ1n) is 7.91. The van der Waals surface area contributed by atoms with Gasteiger partial charge in [-0.15, -0.1) is 0 Å². The van der Waals surface area contributed by atoms with Crippen molar-refractivity contribution in [3.8, 4) is 0 Å². The van der Waals surface area contributed by atoms with Crippen LogP contribution in [0, 0.1) is 5.41 Å². The van der Waals surface area contributed by atoms with Gasteiger partial charge in [-0.05, 0) is 32.6 Å². The zero-order chi connectivity index (χ0) is 15.5. The fourth-order valence-electron chi connectivity index (χ4n) is 3.23. The van der Waals surface area contributed by atoms with Gasteiger partial charge in [-0.2, -0.15) is 0 Å². The largest absolute Gasteiger partial charge is 0.481 e. The highest BCUT2D eigenvalue weighted by molar-refractivity contribution is 5.79. The van der Waals surface area contributed by atoms with Gasteiger partial charge in [0.15, 0.2) is 0 Å². The van der Waals surface area contributed by atoms with Crippen molar-refractivity contribution < 1.29 is 19.4 Å². The van der Waals surface area contributed by atoms with Crippen LogP contribution in [-0.2, 0) is 9.53 Å². The number of carbonyl (C=O) groups excluding carboxylic acids is 1. The fourth-order valence-corrected chi connectivity index (χ4v) is 3.23. The zero-order valence-electron chi connectivity index (χ0n) is 13.0. The monoisotopic (exact) mass is 298 g/mol. The van der Waals surface area contributed by atoms with Crippen LogP contribution in [0.4, 0.5) is 4.79 Å². The molecule has 2 aliphatic rings. The van der Waals surface area contributed by atoms with E-state index in [1.54, 1.807) is 9.80 Å². The fraction of sp³-hybridized carbons (Fsp3) is 0.867. The van der Waals surface area contributed by atoms with Crippen LogP contribution in [0.2, 0.25) is 0 Å². The molecule has 6 nitrogen and oxygen atoms in total. The second kappa shape index (κ2) is 6.64. The lowest BCUT2D eigenvalue weighted by Crippen LogP contribution is -2.46. The van der Waals surface area contributed by atoms with Crippen LogP contribution >= 0.6 is 0 Å². The maximum Gasteiger partial charge on any atom is 0.320 e. The van der Waals surface area contributed by atoms with E-state index in [1.165, 1.54) is 0 Å². The van der Waals surface area contributed by atoms with Gasteiger partial charge in [0.2, 0.25) is 0 Å². The highest BCUT2D eigenvalue weighted by atomic mass is 16.5. The van der Waals surface area contributed by atoms with Crippen LogP contribution in [0.5, 0.6) is 0 Å². The lowest BCUT2D eigenvalue weighted by Gasteiger charge is -2.30. The molecule has 6 heteroatoms. The summed E-state index contributed by atoms with van der Waals surface area (Å²) in [6.07, 6.45) is 3.29. The first-order chi connectivity index (χ1) is 10.0. The number of urea groups is 1. The summed E-state index contributed by atoms with van der Waals surface area (Å²) >= 11 is 0. The van der Waals surface area contributed by atoms with Crippen LogP contribution in [0.15, 0.2) is 0 Å². The average Bonchev–Trinajstić information content (AvgIpc) is 3.13. The predicted octanol–water partition coefficient (Wildman–Crippen LogP) is 1.79. The highest BCUT2D eigenvalue weighted by Gasteiger charge is 2.45. The Morgan fingerprint density at radius 3 is 2.67 bits per heavy atom. The van der Waals surface area contributed by atoms with Crippen LogP contribution in [0.25, 0.3) is 0 Å². The highest BCUT2D eigenvalue weighted by Crippen LogP contribution is 2.34. The number of hydrogen-bond donors (Lipinski definition) is 1. The molecule has 0 radical (unpaired) electrons.